The lowest BCUT2D eigenvalue weighted by atomic mass is 10.1. The first-order chi connectivity index (χ1) is 15.9. The highest BCUT2D eigenvalue weighted by atomic mass is 16.2. The third-order valence-electron chi connectivity index (χ3n) is 6.70. The molecule has 33 heavy (non-hydrogen) atoms. The molecule has 1 unspecified atom stereocenters. The summed E-state index contributed by atoms with van der Waals surface area (Å²) in [5.74, 6) is -0.304. The van der Waals surface area contributed by atoms with E-state index in [-0.39, 0.29) is 30.1 Å². The summed E-state index contributed by atoms with van der Waals surface area (Å²) in [6.45, 7) is 8.72. The number of hydrogen-bond donors (Lipinski definition) is 1. The van der Waals surface area contributed by atoms with E-state index >= 15 is 0 Å². The first-order valence-electron chi connectivity index (χ1n) is 11.6. The van der Waals surface area contributed by atoms with Gasteiger partial charge < -0.3 is 15.1 Å². The van der Waals surface area contributed by atoms with Gasteiger partial charge >= 0.3 is 0 Å². The number of anilines is 1. The van der Waals surface area contributed by atoms with Crippen molar-refractivity contribution in [3.8, 4) is 0 Å². The van der Waals surface area contributed by atoms with Crippen LogP contribution in [0.4, 0.5) is 5.69 Å². The van der Waals surface area contributed by atoms with E-state index in [9.17, 15) is 14.4 Å². The van der Waals surface area contributed by atoms with Gasteiger partial charge in [0.25, 0.3) is 5.91 Å². The van der Waals surface area contributed by atoms with Gasteiger partial charge in [0.2, 0.25) is 11.8 Å². The minimum atomic E-state index is -0.315. The van der Waals surface area contributed by atoms with Crippen LogP contribution in [0.15, 0.2) is 48.5 Å². The van der Waals surface area contributed by atoms with Crippen LogP contribution in [0.3, 0.4) is 0 Å². The summed E-state index contributed by atoms with van der Waals surface area (Å²) in [7, 11) is 0. The van der Waals surface area contributed by atoms with Gasteiger partial charge in [0.15, 0.2) is 0 Å². The van der Waals surface area contributed by atoms with Crippen LogP contribution >= 0.6 is 0 Å². The number of benzene rings is 2. The topological polar surface area (TPSA) is 73.0 Å². The summed E-state index contributed by atoms with van der Waals surface area (Å²) >= 11 is 0. The predicted molar refractivity (Wildman–Crippen MR) is 128 cm³/mol. The number of hydrogen-bond acceptors (Lipinski definition) is 4. The first-order valence-corrected chi connectivity index (χ1v) is 11.6. The minimum Gasteiger partial charge on any atom is -0.355 e. The van der Waals surface area contributed by atoms with Gasteiger partial charge in [-0.2, -0.15) is 0 Å². The predicted octanol–water partition coefficient (Wildman–Crippen LogP) is 2.23. The SMILES string of the molecule is Cc1ccc(C(=O)N2CCN(CCNC(=O)C3CC(=O)N(c4ccccc4)C3)CC2)cc1C. The van der Waals surface area contributed by atoms with Gasteiger partial charge in [-0.25, -0.2) is 0 Å². The van der Waals surface area contributed by atoms with Crippen molar-refractivity contribution in [3.05, 3.63) is 65.2 Å². The maximum atomic E-state index is 12.8. The largest absolute Gasteiger partial charge is 0.355 e. The molecule has 2 aliphatic rings. The van der Waals surface area contributed by atoms with E-state index < -0.39 is 0 Å². The smallest absolute Gasteiger partial charge is 0.253 e. The number of carbonyl (C=O) groups is 3. The maximum Gasteiger partial charge on any atom is 0.253 e. The zero-order valence-corrected chi connectivity index (χ0v) is 19.4. The van der Waals surface area contributed by atoms with E-state index in [0.717, 1.165) is 36.4 Å². The normalized spacial score (nSPS) is 19.1. The van der Waals surface area contributed by atoms with Crippen molar-refractivity contribution in [2.75, 3.05) is 50.7 Å². The Morgan fingerprint density at radius 3 is 2.39 bits per heavy atom. The van der Waals surface area contributed by atoms with Crippen LogP contribution in [-0.2, 0) is 9.59 Å². The van der Waals surface area contributed by atoms with Crippen molar-refractivity contribution in [2.45, 2.75) is 20.3 Å². The van der Waals surface area contributed by atoms with Crippen molar-refractivity contribution in [2.24, 2.45) is 5.92 Å². The van der Waals surface area contributed by atoms with Crippen molar-refractivity contribution in [3.63, 3.8) is 0 Å². The number of nitrogens with zero attached hydrogens (tertiary/aromatic N) is 3. The van der Waals surface area contributed by atoms with E-state index in [1.54, 1.807) is 4.90 Å². The van der Waals surface area contributed by atoms with Crippen LogP contribution in [0.25, 0.3) is 0 Å². The fourth-order valence-electron chi connectivity index (χ4n) is 4.45. The molecule has 2 aromatic rings. The molecule has 0 aliphatic carbocycles. The molecule has 0 radical (unpaired) electrons. The van der Waals surface area contributed by atoms with Gasteiger partial charge in [-0.15, -0.1) is 0 Å². The Labute approximate surface area is 195 Å². The molecule has 0 bridgehead atoms. The summed E-state index contributed by atoms with van der Waals surface area (Å²) in [4.78, 5) is 43.6. The van der Waals surface area contributed by atoms with Crippen LogP contribution in [0.5, 0.6) is 0 Å². The second kappa shape index (κ2) is 10.2. The second-order valence-electron chi connectivity index (χ2n) is 8.96. The Morgan fingerprint density at radius 1 is 0.970 bits per heavy atom. The average Bonchev–Trinajstić information content (AvgIpc) is 3.23. The minimum absolute atomic E-state index is 0.00842. The third kappa shape index (κ3) is 5.42. The van der Waals surface area contributed by atoms with E-state index in [1.165, 1.54) is 5.56 Å². The van der Waals surface area contributed by atoms with Crippen LogP contribution < -0.4 is 10.2 Å². The first kappa shape index (κ1) is 23.0. The van der Waals surface area contributed by atoms with Gasteiger partial charge in [0.05, 0.1) is 5.92 Å². The van der Waals surface area contributed by atoms with Crippen LogP contribution in [0, 0.1) is 19.8 Å². The molecule has 2 heterocycles. The van der Waals surface area contributed by atoms with Gasteiger partial charge in [0, 0.05) is 63.5 Å². The highest BCUT2D eigenvalue weighted by Gasteiger charge is 2.35. The lowest BCUT2D eigenvalue weighted by molar-refractivity contribution is -0.126. The molecule has 0 saturated carbocycles. The Bertz CT molecular complexity index is 1020. The molecule has 1 atom stereocenters. The van der Waals surface area contributed by atoms with Crippen LogP contribution in [-0.4, -0.2) is 73.3 Å². The Kier molecular flexibility index (Phi) is 7.08. The molecule has 174 valence electrons. The van der Waals surface area contributed by atoms with Gasteiger partial charge in [-0.3, -0.25) is 19.3 Å². The zero-order chi connectivity index (χ0) is 23.4. The lowest BCUT2D eigenvalue weighted by Gasteiger charge is -2.35. The molecule has 2 saturated heterocycles. The second-order valence-corrected chi connectivity index (χ2v) is 8.96. The van der Waals surface area contributed by atoms with Gasteiger partial charge in [-0.05, 0) is 49.2 Å². The number of rotatable bonds is 6. The number of amides is 3. The monoisotopic (exact) mass is 448 g/mol. The van der Waals surface area contributed by atoms with Crippen LogP contribution in [0.2, 0.25) is 0 Å². The molecule has 0 aromatic heterocycles. The molecule has 7 nitrogen and oxygen atoms in total. The van der Waals surface area contributed by atoms with E-state index in [1.807, 2.05) is 67.3 Å². The summed E-state index contributed by atoms with van der Waals surface area (Å²) in [5, 5.41) is 3.00. The summed E-state index contributed by atoms with van der Waals surface area (Å²) in [5.41, 5.74) is 3.90. The number of carbonyl (C=O) groups excluding carboxylic acids is 3. The molecule has 0 spiro atoms. The molecular formula is C26H32N4O3. The molecule has 1 N–H and O–H groups in total. The molecule has 2 aromatic carbocycles. The van der Waals surface area contributed by atoms with Crippen molar-refractivity contribution in [1.29, 1.82) is 0 Å². The molecule has 3 amide bonds. The summed E-state index contributed by atoms with van der Waals surface area (Å²) in [6.07, 6.45) is 0.250. The highest BCUT2D eigenvalue weighted by Crippen LogP contribution is 2.24. The highest BCUT2D eigenvalue weighted by molar-refractivity contribution is 6.00. The zero-order valence-electron chi connectivity index (χ0n) is 19.4. The van der Waals surface area contributed by atoms with Gasteiger partial charge in [-0.1, -0.05) is 24.3 Å². The Balaban J connectivity index is 1.19. The van der Waals surface area contributed by atoms with E-state index in [2.05, 4.69) is 10.2 Å². The van der Waals surface area contributed by atoms with E-state index in [4.69, 9.17) is 0 Å². The molecular weight excluding hydrogens is 416 g/mol. The van der Waals surface area contributed by atoms with Crippen LogP contribution in [0.1, 0.15) is 27.9 Å². The number of para-hydroxylation sites is 1. The molecule has 2 aliphatic heterocycles. The third-order valence-corrected chi connectivity index (χ3v) is 6.70. The van der Waals surface area contributed by atoms with E-state index in [0.29, 0.717) is 26.2 Å². The van der Waals surface area contributed by atoms with Crippen molar-refractivity contribution in [1.82, 2.24) is 15.1 Å². The molecule has 2 fully saturated rings. The fraction of sp³-hybridized carbons (Fsp3) is 0.423. The van der Waals surface area contributed by atoms with Gasteiger partial charge in [0.1, 0.15) is 0 Å². The van der Waals surface area contributed by atoms with Crippen molar-refractivity contribution >= 4 is 23.4 Å². The average molecular weight is 449 g/mol. The lowest BCUT2D eigenvalue weighted by Crippen LogP contribution is -2.50. The quantitative estimate of drug-likeness (QED) is 0.736. The molecule has 4 rings (SSSR count). The molecule has 7 heteroatoms. The standard InChI is InChI=1S/C26H32N4O3/c1-19-8-9-21(16-20(19)2)26(33)29-14-12-28(13-15-29)11-10-27-25(32)22-17-24(31)30(18-22)23-6-4-3-5-7-23/h3-9,16,22H,10-15,17-18H2,1-2H3,(H,27,32). The summed E-state index contributed by atoms with van der Waals surface area (Å²) < 4.78 is 0. The maximum absolute atomic E-state index is 12.8. The number of piperazine rings is 1. The number of aryl methyl sites for hydroxylation is 2. The Morgan fingerprint density at radius 2 is 1.70 bits per heavy atom. The Hall–Kier alpha value is -3.19. The summed E-state index contributed by atoms with van der Waals surface area (Å²) in [6, 6.07) is 15.3. The number of nitrogens with one attached hydrogen (secondary N) is 1. The fourth-order valence-corrected chi connectivity index (χ4v) is 4.45. The van der Waals surface area contributed by atoms with Crippen molar-refractivity contribution < 1.29 is 14.4 Å².